The number of nitrogens with one attached hydrogen (secondary N) is 1. The van der Waals surface area contributed by atoms with Crippen LogP contribution >= 0.6 is 11.3 Å². The monoisotopic (exact) mass is 347 g/mol. The highest BCUT2D eigenvalue weighted by Gasteiger charge is 2.18. The number of carbonyl (C=O) groups excluding carboxylic acids is 1. The van der Waals surface area contributed by atoms with Gasteiger partial charge in [-0.05, 0) is 31.4 Å². The third kappa shape index (κ3) is 5.09. The van der Waals surface area contributed by atoms with Crippen LogP contribution in [0.5, 0.6) is 5.75 Å². The fraction of sp³-hybridized carbons (Fsp3) is 0.333. The molecule has 24 heavy (non-hydrogen) atoms. The molecule has 1 aromatic heterocycles. The van der Waals surface area contributed by atoms with Gasteiger partial charge in [-0.2, -0.15) is 0 Å². The van der Waals surface area contributed by atoms with Crippen molar-refractivity contribution >= 4 is 23.2 Å². The van der Waals surface area contributed by atoms with Crippen LogP contribution in [0.1, 0.15) is 35.9 Å². The lowest BCUT2D eigenvalue weighted by atomic mass is 10.2. The number of unbranched alkanes of at least 4 members (excludes halogenated alkanes) is 1. The molecule has 5 nitrogen and oxygen atoms in total. The molecule has 0 fully saturated rings. The molecule has 0 aliphatic rings. The zero-order valence-electron chi connectivity index (χ0n) is 13.6. The summed E-state index contributed by atoms with van der Waals surface area (Å²) >= 11 is 1.40. The molecule has 1 amide bonds. The van der Waals surface area contributed by atoms with E-state index in [1.54, 1.807) is 0 Å². The lowest BCUT2D eigenvalue weighted by Crippen LogP contribution is -2.24. The molecule has 0 radical (unpaired) electrons. The Morgan fingerprint density at radius 2 is 1.96 bits per heavy atom. The van der Waals surface area contributed by atoms with Crippen molar-refractivity contribution in [2.24, 2.45) is 0 Å². The van der Waals surface area contributed by atoms with E-state index in [-0.39, 0.29) is 12.3 Å². The second-order valence-corrected chi connectivity index (χ2v) is 6.26. The second-order valence-electron chi connectivity index (χ2n) is 5.21. The molecule has 2 aromatic rings. The highest BCUT2D eigenvalue weighted by atomic mass is 32.1. The van der Waals surface area contributed by atoms with Gasteiger partial charge in [-0.1, -0.05) is 30.3 Å². The van der Waals surface area contributed by atoms with E-state index in [0.717, 1.165) is 10.4 Å². The summed E-state index contributed by atoms with van der Waals surface area (Å²) in [5.74, 6) is -0.406. The number of carboxylic acid groups (broad SMARTS) is 1. The predicted molar refractivity (Wildman–Crippen MR) is 94.7 cm³/mol. The van der Waals surface area contributed by atoms with Gasteiger partial charge < -0.3 is 15.2 Å². The molecule has 2 rings (SSSR count). The molecule has 1 heterocycles. The molecule has 1 aromatic carbocycles. The van der Waals surface area contributed by atoms with E-state index in [2.05, 4.69) is 5.32 Å². The summed E-state index contributed by atoms with van der Waals surface area (Å²) < 4.78 is 5.59. The maximum atomic E-state index is 12.4. The smallest absolute Gasteiger partial charge is 0.303 e. The lowest BCUT2D eigenvalue weighted by molar-refractivity contribution is -0.137. The Morgan fingerprint density at radius 3 is 2.62 bits per heavy atom. The number of carbonyl (C=O) groups is 2. The van der Waals surface area contributed by atoms with Gasteiger partial charge in [0.2, 0.25) is 0 Å². The fourth-order valence-corrected chi connectivity index (χ4v) is 3.25. The zero-order valence-corrected chi connectivity index (χ0v) is 14.4. The third-order valence-electron chi connectivity index (χ3n) is 3.37. The topological polar surface area (TPSA) is 75.6 Å². The molecule has 6 heteroatoms. The third-order valence-corrected chi connectivity index (χ3v) is 4.53. The van der Waals surface area contributed by atoms with E-state index < -0.39 is 5.97 Å². The predicted octanol–water partition coefficient (Wildman–Crippen LogP) is 3.80. The number of ether oxygens (including phenoxy) is 1. The van der Waals surface area contributed by atoms with Crippen LogP contribution in [-0.2, 0) is 4.79 Å². The largest absolute Gasteiger partial charge is 0.492 e. The first kappa shape index (κ1) is 18.0. The first-order valence-corrected chi connectivity index (χ1v) is 8.75. The fourth-order valence-electron chi connectivity index (χ4n) is 2.22. The van der Waals surface area contributed by atoms with Gasteiger partial charge in [0.15, 0.2) is 0 Å². The van der Waals surface area contributed by atoms with Crippen molar-refractivity contribution in [2.75, 3.05) is 13.2 Å². The van der Waals surface area contributed by atoms with Gasteiger partial charge in [0.1, 0.15) is 10.6 Å². The minimum Gasteiger partial charge on any atom is -0.492 e. The Kier molecular flexibility index (Phi) is 6.81. The summed E-state index contributed by atoms with van der Waals surface area (Å²) in [6.07, 6.45) is 1.31. The highest BCUT2D eigenvalue weighted by Crippen LogP contribution is 2.36. The van der Waals surface area contributed by atoms with Crippen LogP contribution in [0, 0.1) is 0 Å². The van der Waals surface area contributed by atoms with Crippen LogP contribution in [-0.4, -0.2) is 30.1 Å². The van der Waals surface area contributed by atoms with Crippen molar-refractivity contribution in [3.63, 3.8) is 0 Å². The Labute approximate surface area is 145 Å². The average Bonchev–Trinajstić information content (AvgIpc) is 2.99. The van der Waals surface area contributed by atoms with E-state index in [1.807, 2.05) is 43.3 Å². The molecular weight excluding hydrogens is 326 g/mol. The Hall–Kier alpha value is -2.34. The Morgan fingerprint density at radius 1 is 1.21 bits per heavy atom. The van der Waals surface area contributed by atoms with E-state index in [1.165, 1.54) is 11.3 Å². The van der Waals surface area contributed by atoms with Crippen LogP contribution in [0.2, 0.25) is 0 Å². The van der Waals surface area contributed by atoms with Gasteiger partial charge in [-0.15, -0.1) is 11.3 Å². The Balaban J connectivity index is 2.03. The van der Waals surface area contributed by atoms with Crippen molar-refractivity contribution in [2.45, 2.75) is 26.2 Å². The standard InChI is InChI=1S/C18H21NO4S/c1-2-23-14-12-15(13-8-4-3-5-9-13)24-17(14)18(22)19-11-7-6-10-16(20)21/h3-5,8-9,12H,2,6-7,10-11H2,1H3,(H,19,22)(H,20,21). The first-order chi connectivity index (χ1) is 11.6. The minimum absolute atomic E-state index is 0.122. The summed E-state index contributed by atoms with van der Waals surface area (Å²) in [5.41, 5.74) is 1.05. The molecule has 0 saturated carbocycles. The van der Waals surface area contributed by atoms with Crippen LogP contribution in [0.4, 0.5) is 0 Å². The lowest BCUT2D eigenvalue weighted by Gasteiger charge is -2.06. The normalized spacial score (nSPS) is 10.4. The van der Waals surface area contributed by atoms with Crippen molar-refractivity contribution < 1.29 is 19.4 Å². The van der Waals surface area contributed by atoms with Crippen molar-refractivity contribution in [1.82, 2.24) is 5.32 Å². The van der Waals surface area contributed by atoms with E-state index in [4.69, 9.17) is 9.84 Å². The van der Waals surface area contributed by atoms with Crippen LogP contribution in [0.15, 0.2) is 36.4 Å². The summed E-state index contributed by atoms with van der Waals surface area (Å²) in [7, 11) is 0. The number of carboxylic acids is 1. The maximum Gasteiger partial charge on any atom is 0.303 e. The molecule has 2 N–H and O–H groups in total. The number of thiophene rings is 1. The number of rotatable bonds is 9. The molecule has 0 saturated heterocycles. The van der Waals surface area contributed by atoms with Crippen molar-refractivity contribution in [1.29, 1.82) is 0 Å². The summed E-state index contributed by atoms with van der Waals surface area (Å²) in [4.78, 5) is 24.4. The van der Waals surface area contributed by atoms with Crippen LogP contribution < -0.4 is 10.1 Å². The van der Waals surface area contributed by atoms with Gasteiger partial charge in [0.05, 0.1) is 6.61 Å². The molecule has 0 atom stereocenters. The SMILES string of the molecule is CCOc1cc(-c2ccccc2)sc1C(=O)NCCCCC(=O)O. The molecule has 128 valence electrons. The number of benzene rings is 1. The van der Waals surface area contributed by atoms with Gasteiger partial charge >= 0.3 is 5.97 Å². The number of hydrogen-bond donors (Lipinski definition) is 2. The van der Waals surface area contributed by atoms with Crippen molar-refractivity contribution in [3.8, 4) is 16.2 Å². The van der Waals surface area contributed by atoms with E-state index in [0.29, 0.717) is 36.6 Å². The number of aliphatic carboxylic acids is 1. The maximum absolute atomic E-state index is 12.4. The van der Waals surface area contributed by atoms with Gasteiger partial charge in [0.25, 0.3) is 5.91 Å². The van der Waals surface area contributed by atoms with Gasteiger partial charge in [-0.25, -0.2) is 0 Å². The average molecular weight is 347 g/mol. The van der Waals surface area contributed by atoms with Crippen LogP contribution in [0.3, 0.4) is 0 Å². The summed E-state index contributed by atoms with van der Waals surface area (Å²) in [6.45, 7) is 2.83. The zero-order chi connectivity index (χ0) is 17.4. The van der Waals surface area contributed by atoms with Crippen LogP contribution in [0.25, 0.3) is 10.4 Å². The quantitative estimate of drug-likeness (QED) is 0.677. The first-order valence-electron chi connectivity index (χ1n) is 7.94. The highest BCUT2D eigenvalue weighted by molar-refractivity contribution is 7.17. The summed E-state index contributed by atoms with van der Waals surface area (Å²) in [5, 5.41) is 11.4. The second kappa shape index (κ2) is 9.08. The molecule has 0 unspecified atom stereocenters. The Bertz CT molecular complexity index is 682. The molecule has 0 bridgehead atoms. The summed E-state index contributed by atoms with van der Waals surface area (Å²) in [6, 6.07) is 11.7. The van der Waals surface area contributed by atoms with Crippen molar-refractivity contribution in [3.05, 3.63) is 41.3 Å². The molecular formula is C18H21NO4S. The molecule has 0 aliphatic carbocycles. The number of hydrogen-bond acceptors (Lipinski definition) is 4. The number of amides is 1. The minimum atomic E-state index is -0.814. The molecule has 0 spiro atoms. The van der Waals surface area contributed by atoms with Gasteiger partial charge in [-0.3, -0.25) is 9.59 Å². The van der Waals surface area contributed by atoms with E-state index in [9.17, 15) is 9.59 Å². The van der Waals surface area contributed by atoms with Gasteiger partial charge in [0, 0.05) is 17.8 Å². The van der Waals surface area contributed by atoms with E-state index >= 15 is 0 Å². The molecule has 0 aliphatic heterocycles.